The summed E-state index contributed by atoms with van der Waals surface area (Å²) in [6.45, 7) is 8.36. The first-order chi connectivity index (χ1) is 17.2. The van der Waals surface area contributed by atoms with E-state index in [1.54, 1.807) is 14.7 Å². The predicted molar refractivity (Wildman–Crippen MR) is 141 cm³/mol. The van der Waals surface area contributed by atoms with Crippen molar-refractivity contribution in [2.45, 2.75) is 65.3 Å². The van der Waals surface area contributed by atoms with E-state index in [0.29, 0.717) is 23.5 Å². The van der Waals surface area contributed by atoms with Crippen LogP contribution in [0.15, 0.2) is 42.5 Å². The monoisotopic (exact) mass is 492 g/mol. The molecule has 36 heavy (non-hydrogen) atoms. The molecule has 0 bridgehead atoms. The number of piperidine rings is 1. The van der Waals surface area contributed by atoms with Crippen LogP contribution in [0.25, 0.3) is 11.1 Å². The van der Waals surface area contributed by atoms with Crippen LogP contribution in [-0.2, 0) is 9.53 Å². The van der Waals surface area contributed by atoms with Crippen molar-refractivity contribution in [1.29, 1.82) is 0 Å². The first-order valence-corrected chi connectivity index (χ1v) is 12.7. The zero-order valence-electron chi connectivity index (χ0n) is 21.8. The number of hydrogen-bond acceptors (Lipinski definition) is 5. The summed E-state index contributed by atoms with van der Waals surface area (Å²) in [5.41, 5.74) is 3.74. The number of nitrogens with zero attached hydrogens (tertiary/aromatic N) is 3. The topological polar surface area (TPSA) is 82.2 Å². The standard InChI is InChI=1S/C28H36N4O4/c1-18(2)36-28(35)31-17-19(3)32(20(4)33)24-14-13-23(16-25(24)31)21-9-11-22(12-10-21)27(34)30(5)26-8-6-7-15-29-26/h9-14,16,18-19,26,29H,6-8,15,17H2,1-5H3/t19-,26?/m0/s1. The van der Waals surface area contributed by atoms with Crippen LogP contribution >= 0.6 is 0 Å². The number of carbonyl (C=O) groups is 3. The lowest BCUT2D eigenvalue weighted by molar-refractivity contribution is -0.117. The van der Waals surface area contributed by atoms with E-state index in [1.165, 1.54) is 6.92 Å². The van der Waals surface area contributed by atoms with Gasteiger partial charge in [0.15, 0.2) is 0 Å². The first-order valence-electron chi connectivity index (χ1n) is 12.7. The van der Waals surface area contributed by atoms with Crippen molar-refractivity contribution in [3.05, 3.63) is 48.0 Å². The van der Waals surface area contributed by atoms with Gasteiger partial charge in [-0.1, -0.05) is 18.2 Å². The van der Waals surface area contributed by atoms with Gasteiger partial charge in [0.25, 0.3) is 5.91 Å². The Balaban J connectivity index is 1.62. The third kappa shape index (κ3) is 5.23. The Morgan fingerprint density at radius 3 is 2.33 bits per heavy atom. The SMILES string of the molecule is CC(=O)N1c2ccc(-c3ccc(C(=O)N(C)C4CCCCN4)cc3)cc2N(C(=O)OC(C)C)C[C@@H]1C. The molecule has 0 aliphatic carbocycles. The molecule has 1 saturated heterocycles. The van der Waals surface area contributed by atoms with E-state index in [2.05, 4.69) is 5.32 Å². The number of amides is 3. The molecule has 3 amide bonds. The Morgan fingerprint density at radius 2 is 1.72 bits per heavy atom. The van der Waals surface area contributed by atoms with Crippen LogP contribution in [0.4, 0.5) is 16.2 Å². The van der Waals surface area contributed by atoms with E-state index in [4.69, 9.17) is 4.74 Å². The normalized spacial score (nSPS) is 19.6. The molecule has 2 aliphatic rings. The lowest BCUT2D eigenvalue weighted by atomic mass is 9.99. The molecule has 0 radical (unpaired) electrons. The lowest BCUT2D eigenvalue weighted by Gasteiger charge is -2.40. The van der Waals surface area contributed by atoms with Gasteiger partial charge in [0.2, 0.25) is 5.91 Å². The Morgan fingerprint density at radius 1 is 1.03 bits per heavy atom. The van der Waals surface area contributed by atoms with Crippen molar-refractivity contribution in [1.82, 2.24) is 10.2 Å². The molecule has 0 spiro atoms. The molecular weight excluding hydrogens is 456 g/mol. The van der Waals surface area contributed by atoms with Crippen LogP contribution in [-0.4, -0.2) is 61.3 Å². The number of carbonyl (C=O) groups excluding carboxylic acids is 3. The highest BCUT2D eigenvalue weighted by Gasteiger charge is 2.35. The van der Waals surface area contributed by atoms with Gasteiger partial charge in [0.05, 0.1) is 29.7 Å². The third-order valence-electron chi connectivity index (χ3n) is 6.85. The summed E-state index contributed by atoms with van der Waals surface area (Å²) in [4.78, 5) is 43.4. The number of hydrogen-bond donors (Lipinski definition) is 1. The average Bonchev–Trinajstić information content (AvgIpc) is 2.87. The van der Waals surface area contributed by atoms with Crippen molar-refractivity contribution in [2.24, 2.45) is 0 Å². The van der Waals surface area contributed by atoms with E-state index in [9.17, 15) is 14.4 Å². The predicted octanol–water partition coefficient (Wildman–Crippen LogP) is 4.63. The molecular formula is C28H36N4O4. The summed E-state index contributed by atoms with van der Waals surface area (Å²) in [5.74, 6) is -0.0899. The highest BCUT2D eigenvalue weighted by atomic mass is 16.6. The van der Waals surface area contributed by atoms with Crippen molar-refractivity contribution in [3.63, 3.8) is 0 Å². The molecule has 1 unspecified atom stereocenters. The minimum atomic E-state index is -0.432. The molecule has 1 N–H and O–H groups in total. The Labute approximate surface area is 213 Å². The molecule has 2 heterocycles. The van der Waals surface area contributed by atoms with Gasteiger partial charge in [-0.15, -0.1) is 0 Å². The lowest BCUT2D eigenvalue weighted by Crippen LogP contribution is -2.51. The fraction of sp³-hybridized carbons (Fsp3) is 0.464. The van der Waals surface area contributed by atoms with Crippen LogP contribution < -0.4 is 15.1 Å². The Kier molecular flexibility index (Phi) is 7.64. The van der Waals surface area contributed by atoms with Gasteiger partial charge in [-0.3, -0.25) is 19.8 Å². The average molecular weight is 493 g/mol. The fourth-order valence-corrected chi connectivity index (χ4v) is 5.04. The van der Waals surface area contributed by atoms with Gasteiger partial charge in [-0.05, 0) is 82.0 Å². The summed E-state index contributed by atoms with van der Waals surface area (Å²) in [6.07, 6.45) is 2.60. The Hall–Kier alpha value is -3.39. The van der Waals surface area contributed by atoms with E-state index in [1.807, 2.05) is 70.3 Å². The van der Waals surface area contributed by atoms with E-state index in [-0.39, 0.29) is 30.1 Å². The molecule has 2 aromatic rings. The summed E-state index contributed by atoms with van der Waals surface area (Å²) in [6, 6.07) is 13.1. The highest BCUT2D eigenvalue weighted by Crippen LogP contribution is 2.39. The first kappa shape index (κ1) is 25.7. The number of fused-ring (bicyclic) bond motifs is 1. The van der Waals surface area contributed by atoms with Crippen molar-refractivity contribution in [3.8, 4) is 11.1 Å². The number of anilines is 2. The molecule has 4 rings (SSSR count). The highest BCUT2D eigenvalue weighted by molar-refractivity contribution is 6.03. The molecule has 8 nitrogen and oxygen atoms in total. The van der Waals surface area contributed by atoms with E-state index in [0.717, 1.165) is 36.9 Å². The third-order valence-corrected chi connectivity index (χ3v) is 6.85. The van der Waals surface area contributed by atoms with Gasteiger partial charge in [0, 0.05) is 26.1 Å². The smallest absolute Gasteiger partial charge is 0.414 e. The zero-order chi connectivity index (χ0) is 26.0. The number of benzene rings is 2. The van der Waals surface area contributed by atoms with Gasteiger partial charge in [-0.25, -0.2) is 4.79 Å². The molecule has 1 fully saturated rings. The minimum Gasteiger partial charge on any atom is -0.446 e. The fourth-order valence-electron chi connectivity index (χ4n) is 5.04. The zero-order valence-corrected chi connectivity index (χ0v) is 21.8. The maximum atomic E-state index is 13.0. The number of rotatable bonds is 4. The van der Waals surface area contributed by atoms with Gasteiger partial charge in [0.1, 0.15) is 0 Å². The second kappa shape index (κ2) is 10.7. The maximum absolute atomic E-state index is 13.0. The van der Waals surface area contributed by atoms with Gasteiger partial charge < -0.3 is 14.5 Å². The minimum absolute atomic E-state index is 0.0138. The summed E-state index contributed by atoms with van der Waals surface area (Å²) in [5, 5.41) is 3.41. The summed E-state index contributed by atoms with van der Waals surface area (Å²) >= 11 is 0. The van der Waals surface area contributed by atoms with Gasteiger partial charge in [-0.2, -0.15) is 0 Å². The largest absolute Gasteiger partial charge is 0.446 e. The second-order valence-corrected chi connectivity index (χ2v) is 9.94. The quantitative estimate of drug-likeness (QED) is 0.673. The van der Waals surface area contributed by atoms with Gasteiger partial charge >= 0.3 is 6.09 Å². The van der Waals surface area contributed by atoms with E-state index >= 15 is 0 Å². The number of ether oxygens (including phenoxy) is 1. The van der Waals surface area contributed by atoms with Crippen molar-refractivity contribution >= 4 is 29.3 Å². The van der Waals surface area contributed by atoms with Crippen LogP contribution in [0.3, 0.4) is 0 Å². The van der Waals surface area contributed by atoms with Crippen LogP contribution in [0, 0.1) is 0 Å². The number of nitrogens with one attached hydrogen (secondary N) is 1. The molecule has 2 atom stereocenters. The molecule has 192 valence electrons. The molecule has 0 aromatic heterocycles. The van der Waals surface area contributed by atoms with Crippen molar-refractivity contribution < 1.29 is 19.1 Å². The van der Waals surface area contributed by atoms with Crippen LogP contribution in [0.2, 0.25) is 0 Å². The Bertz CT molecular complexity index is 1120. The molecule has 0 saturated carbocycles. The van der Waals surface area contributed by atoms with Crippen LogP contribution in [0.1, 0.15) is 57.3 Å². The molecule has 8 heteroatoms. The second-order valence-electron chi connectivity index (χ2n) is 9.94. The maximum Gasteiger partial charge on any atom is 0.414 e. The van der Waals surface area contributed by atoms with E-state index < -0.39 is 6.09 Å². The summed E-state index contributed by atoms with van der Waals surface area (Å²) in [7, 11) is 1.84. The van der Waals surface area contributed by atoms with Crippen molar-refractivity contribution in [2.75, 3.05) is 29.9 Å². The molecule has 2 aromatic carbocycles. The summed E-state index contributed by atoms with van der Waals surface area (Å²) < 4.78 is 5.49. The molecule has 2 aliphatic heterocycles. The van der Waals surface area contributed by atoms with Crippen LogP contribution in [0.5, 0.6) is 0 Å².